The normalized spacial score (nSPS) is 14.4. The molecule has 0 aromatic heterocycles. The summed E-state index contributed by atoms with van der Waals surface area (Å²) in [6.45, 7) is 4.37. The van der Waals surface area contributed by atoms with Crippen molar-refractivity contribution in [3.05, 3.63) is 12.3 Å². The van der Waals surface area contributed by atoms with Gasteiger partial charge in [-0.05, 0) is 13.8 Å². The summed E-state index contributed by atoms with van der Waals surface area (Å²) >= 11 is 0. The van der Waals surface area contributed by atoms with Gasteiger partial charge in [0.1, 0.15) is 0 Å². The molecular formula is C8H18N2O. The first kappa shape index (κ1) is 10.5. The van der Waals surface area contributed by atoms with Gasteiger partial charge in [0.15, 0.2) is 0 Å². The van der Waals surface area contributed by atoms with Gasteiger partial charge in [-0.3, -0.25) is 0 Å². The minimum absolute atomic E-state index is 0.298. The van der Waals surface area contributed by atoms with E-state index >= 15 is 0 Å². The maximum absolute atomic E-state index is 9.10. The SMILES string of the molecule is CC=CN(CC(C)O)N(C)C. The topological polar surface area (TPSA) is 26.7 Å². The molecule has 3 nitrogen and oxygen atoms in total. The molecule has 0 aliphatic rings. The Morgan fingerprint density at radius 3 is 2.27 bits per heavy atom. The zero-order chi connectivity index (χ0) is 8.85. The Morgan fingerprint density at radius 1 is 1.45 bits per heavy atom. The van der Waals surface area contributed by atoms with Gasteiger partial charge in [-0.1, -0.05) is 6.08 Å². The van der Waals surface area contributed by atoms with Crippen molar-refractivity contribution in [1.29, 1.82) is 0 Å². The van der Waals surface area contributed by atoms with Crippen LogP contribution < -0.4 is 0 Å². The van der Waals surface area contributed by atoms with Crippen molar-refractivity contribution < 1.29 is 5.11 Å². The Hall–Kier alpha value is -0.540. The number of allylic oxidation sites excluding steroid dienone is 1. The van der Waals surface area contributed by atoms with E-state index < -0.39 is 0 Å². The molecule has 1 atom stereocenters. The lowest BCUT2D eigenvalue weighted by atomic mass is 10.4. The van der Waals surface area contributed by atoms with Gasteiger partial charge in [0.05, 0.1) is 12.6 Å². The second kappa shape index (κ2) is 5.16. The van der Waals surface area contributed by atoms with Crippen LogP contribution in [0.25, 0.3) is 0 Å². The molecule has 0 aliphatic carbocycles. The minimum atomic E-state index is -0.298. The summed E-state index contributed by atoms with van der Waals surface area (Å²) in [7, 11) is 3.89. The minimum Gasteiger partial charge on any atom is -0.392 e. The van der Waals surface area contributed by atoms with E-state index in [0.717, 1.165) is 0 Å². The Kier molecular flexibility index (Phi) is 4.90. The highest BCUT2D eigenvalue weighted by Crippen LogP contribution is 1.95. The summed E-state index contributed by atoms with van der Waals surface area (Å²) in [4.78, 5) is 0. The van der Waals surface area contributed by atoms with Crippen LogP contribution in [0.5, 0.6) is 0 Å². The predicted octanol–water partition coefficient (Wildman–Crippen LogP) is 0.679. The van der Waals surface area contributed by atoms with Crippen LogP contribution in [0.3, 0.4) is 0 Å². The Labute approximate surface area is 68.9 Å². The van der Waals surface area contributed by atoms with E-state index in [-0.39, 0.29) is 6.10 Å². The summed E-state index contributed by atoms with van der Waals surface area (Å²) < 4.78 is 0. The molecule has 1 N–H and O–H groups in total. The van der Waals surface area contributed by atoms with Gasteiger partial charge in [-0.15, -0.1) is 0 Å². The molecule has 0 spiro atoms. The van der Waals surface area contributed by atoms with Crippen molar-refractivity contribution in [1.82, 2.24) is 10.0 Å². The molecule has 0 aliphatic heterocycles. The Morgan fingerprint density at radius 2 is 2.00 bits per heavy atom. The number of rotatable bonds is 4. The van der Waals surface area contributed by atoms with E-state index in [2.05, 4.69) is 0 Å². The zero-order valence-electron chi connectivity index (χ0n) is 7.78. The largest absolute Gasteiger partial charge is 0.392 e. The van der Waals surface area contributed by atoms with Gasteiger partial charge < -0.3 is 10.1 Å². The first-order valence-electron chi connectivity index (χ1n) is 3.82. The quantitative estimate of drug-likeness (QED) is 0.609. The van der Waals surface area contributed by atoms with Crippen molar-refractivity contribution in [3.63, 3.8) is 0 Å². The highest BCUT2D eigenvalue weighted by atomic mass is 16.3. The van der Waals surface area contributed by atoms with E-state index in [1.807, 2.05) is 43.3 Å². The standard InChI is InChI=1S/C8H18N2O/c1-5-6-10(9(3)4)7-8(2)11/h5-6,8,11H,7H2,1-4H3. The lowest BCUT2D eigenvalue weighted by molar-refractivity contribution is 0.0336. The van der Waals surface area contributed by atoms with Crippen LogP contribution in [0.4, 0.5) is 0 Å². The molecule has 0 aromatic carbocycles. The maximum atomic E-state index is 9.10. The van der Waals surface area contributed by atoms with Crippen LogP contribution in [-0.2, 0) is 0 Å². The Bertz CT molecular complexity index is 121. The first-order chi connectivity index (χ1) is 5.07. The fourth-order valence-corrected chi connectivity index (χ4v) is 0.800. The molecule has 0 radical (unpaired) electrons. The van der Waals surface area contributed by atoms with Crippen LogP contribution >= 0.6 is 0 Å². The van der Waals surface area contributed by atoms with Crippen LogP contribution in [-0.4, -0.2) is 41.9 Å². The lowest BCUT2D eigenvalue weighted by Gasteiger charge is -2.28. The molecule has 0 heterocycles. The van der Waals surface area contributed by atoms with E-state index in [1.54, 1.807) is 6.92 Å². The molecule has 0 fully saturated rings. The van der Waals surface area contributed by atoms with Gasteiger partial charge in [-0.2, -0.15) is 0 Å². The summed E-state index contributed by atoms with van der Waals surface area (Å²) in [5.74, 6) is 0. The molecule has 66 valence electrons. The summed E-state index contributed by atoms with van der Waals surface area (Å²) in [6.07, 6.45) is 3.59. The average Bonchev–Trinajstić information content (AvgIpc) is 1.86. The summed E-state index contributed by atoms with van der Waals surface area (Å²) in [5.41, 5.74) is 0. The van der Waals surface area contributed by atoms with E-state index in [9.17, 15) is 0 Å². The van der Waals surface area contributed by atoms with Crippen LogP contribution in [0.2, 0.25) is 0 Å². The third kappa shape index (κ3) is 4.81. The number of aliphatic hydroxyl groups is 1. The second-order valence-corrected chi connectivity index (χ2v) is 2.80. The van der Waals surface area contributed by atoms with E-state index in [0.29, 0.717) is 6.54 Å². The maximum Gasteiger partial charge on any atom is 0.0702 e. The van der Waals surface area contributed by atoms with Crippen molar-refractivity contribution in [2.75, 3.05) is 20.6 Å². The van der Waals surface area contributed by atoms with Gasteiger partial charge in [0, 0.05) is 20.3 Å². The lowest BCUT2D eigenvalue weighted by Crippen LogP contribution is -2.37. The van der Waals surface area contributed by atoms with Crippen molar-refractivity contribution in [3.8, 4) is 0 Å². The predicted molar refractivity (Wildman–Crippen MR) is 46.9 cm³/mol. The molecular weight excluding hydrogens is 140 g/mol. The third-order valence-electron chi connectivity index (χ3n) is 1.29. The molecule has 0 saturated heterocycles. The molecule has 1 unspecified atom stereocenters. The fraction of sp³-hybridized carbons (Fsp3) is 0.750. The fourth-order valence-electron chi connectivity index (χ4n) is 0.800. The second-order valence-electron chi connectivity index (χ2n) is 2.80. The molecule has 0 aromatic rings. The highest BCUT2D eigenvalue weighted by Gasteiger charge is 2.04. The molecule has 0 bridgehead atoms. The summed E-state index contributed by atoms with van der Waals surface area (Å²) in [6, 6.07) is 0. The molecule has 3 heteroatoms. The van der Waals surface area contributed by atoms with Crippen molar-refractivity contribution in [2.45, 2.75) is 20.0 Å². The number of hydrazine groups is 1. The molecule has 0 saturated carbocycles. The Balaban J connectivity index is 3.89. The monoisotopic (exact) mass is 158 g/mol. The van der Waals surface area contributed by atoms with Gasteiger partial charge in [0.2, 0.25) is 0 Å². The van der Waals surface area contributed by atoms with Crippen molar-refractivity contribution in [2.24, 2.45) is 0 Å². The molecule has 11 heavy (non-hydrogen) atoms. The number of hydrogen-bond acceptors (Lipinski definition) is 3. The number of nitrogens with zero attached hydrogens (tertiary/aromatic N) is 2. The number of aliphatic hydroxyl groups excluding tert-OH is 1. The smallest absolute Gasteiger partial charge is 0.0702 e. The van der Waals surface area contributed by atoms with Crippen LogP contribution in [0, 0.1) is 0 Å². The average molecular weight is 158 g/mol. The van der Waals surface area contributed by atoms with Crippen LogP contribution in [0.1, 0.15) is 13.8 Å². The third-order valence-corrected chi connectivity index (χ3v) is 1.29. The van der Waals surface area contributed by atoms with Gasteiger partial charge in [0.25, 0.3) is 0 Å². The zero-order valence-corrected chi connectivity index (χ0v) is 7.78. The first-order valence-corrected chi connectivity index (χ1v) is 3.82. The van der Waals surface area contributed by atoms with Crippen LogP contribution in [0.15, 0.2) is 12.3 Å². The van der Waals surface area contributed by atoms with E-state index in [1.165, 1.54) is 0 Å². The van der Waals surface area contributed by atoms with Gasteiger partial charge in [-0.25, -0.2) is 5.01 Å². The summed E-state index contributed by atoms with van der Waals surface area (Å²) in [5, 5.41) is 13.0. The van der Waals surface area contributed by atoms with Crippen molar-refractivity contribution >= 4 is 0 Å². The highest BCUT2D eigenvalue weighted by molar-refractivity contribution is 4.76. The van der Waals surface area contributed by atoms with E-state index in [4.69, 9.17) is 5.11 Å². The number of hydrogen-bond donors (Lipinski definition) is 1. The van der Waals surface area contributed by atoms with Gasteiger partial charge >= 0.3 is 0 Å². The molecule has 0 amide bonds. The molecule has 0 rings (SSSR count).